The number of hydrogen-bond donors (Lipinski definition) is 13. The third-order valence-electron chi connectivity index (χ3n) is 20.5. The molecular weight excluding hydrogens is 1340 g/mol. The molecule has 12 aromatic rings. The van der Waals surface area contributed by atoms with Gasteiger partial charge in [-0.3, -0.25) is 4.79 Å². The maximum atomic E-state index is 11.1. The molecule has 15 unspecified atom stereocenters. The number of carbonyl (C=O) groups is 1. The molecule has 15 atom stereocenters. The van der Waals surface area contributed by atoms with Gasteiger partial charge in [0.1, 0.15) is 12.2 Å². The van der Waals surface area contributed by atoms with Gasteiger partial charge in [-0.25, -0.2) is 0 Å². The molecule has 100 heavy (non-hydrogen) atoms. The van der Waals surface area contributed by atoms with Gasteiger partial charge in [0, 0.05) is 126 Å². The van der Waals surface area contributed by atoms with Crippen LogP contribution in [-0.4, -0.2) is 164 Å². The fourth-order valence-electron chi connectivity index (χ4n) is 16.9. The number of aliphatic hydroxyl groups is 6. The van der Waals surface area contributed by atoms with Crippen LogP contribution in [0.3, 0.4) is 0 Å². The van der Waals surface area contributed by atoms with Crippen LogP contribution in [0.15, 0.2) is 164 Å². The zero-order valence-electron chi connectivity index (χ0n) is 56.1. The number of aromatic nitrogens is 6. The average molecular weight is 1420 g/mol. The number of nitrogens with one attached hydrogen (secondary N) is 6. The predicted molar refractivity (Wildman–Crippen MR) is 389 cm³/mol. The molecule has 0 radical (unpaired) electrons. The van der Waals surface area contributed by atoms with E-state index >= 15 is 0 Å². The summed E-state index contributed by atoms with van der Waals surface area (Å²) in [5.74, 6) is -4.72. The highest BCUT2D eigenvalue weighted by molar-refractivity contribution is 5.92. The topological polar surface area (TPSA) is 309 Å². The Morgan fingerprint density at radius 3 is 1.19 bits per heavy atom. The van der Waals surface area contributed by atoms with E-state index in [9.17, 15) is 30.6 Å². The molecule has 0 spiro atoms. The monoisotopic (exact) mass is 1420 g/mol. The largest absolute Gasteiger partial charge is 0.481 e. The van der Waals surface area contributed by atoms with Gasteiger partial charge in [-0.2, -0.15) is 0 Å². The fourth-order valence-corrected chi connectivity index (χ4v) is 16.9. The van der Waals surface area contributed by atoms with E-state index in [0.29, 0.717) is 6.61 Å². The summed E-state index contributed by atoms with van der Waals surface area (Å²) in [4.78, 5) is 29.9. The number of carboxylic acids is 1. The Morgan fingerprint density at radius 1 is 0.440 bits per heavy atom. The van der Waals surface area contributed by atoms with Gasteiger partial charge in [0.15, 0.2) is 17.4 Å². The molecule has 23 heteroatoms. The van der Waals surface area contributed by atoms with Crippen LogP contribution in [-0.2, 0) is 33.2 Å². The van der Waals surface area contributed by atoms with Crippen LogP contribution >= 0.6 is 37.2 Å². The first-order valence-corrected chi connectivity index (χ1v) is 33.3. The van der Waals surface area contributed by atoms with Gasteiger partial charge in [-0.1, -0.05) is 109 Å². The van der Waals surface area contributed by atoms with E-state index in [1.54, 1.807) is 0 Å². The number of halogens is 3. The third kappa shape index (κ3) is 12.5. The highest BCUT2D eigenvalue weighted by atomic mass is 35.5. The molecule has 6 aliphatic rings. The van der Waals surface area contributed by atoms with E-state index in [2.05, 4.69) is 109 Å². The van der Waals surface area contributed by atoms with Gasteiger partial charge in [0.25, 0.3) is 5.97 Å². The lowest BCUT2D eigenvalue weighted by molar-refractivity contribution is -0.159. The Labute approximate surface area is 594 Å². The first-order valence-electron chi connectivity index (χ1n) is 33.3. The quantitative estimate of drug-likeness (QED) is 0.0673. The summed E-state index contributed by atoms with van der Waals surface area (Å²) in [5.41, 5.74) is 15.4. The summed E-state index contributed by atoms with van der Waals surface area (Å²) >= 11 is 0. The summed E-state index contributed by atoms with van der Waals surface area (Å²) in [5, 5.41) is 76.7. The van der Waals surface area contributed by atoms with Crippen molar-refractivity contribution in [2.24, 2.45) is 0 Å². The highest BCUT2D eigenvalue weighted by Crippen LogP contribution is 2.57. The van der Waals surface area contributed by atoms with Gasteiger partial charge in [-0.05, 0) is 111 Å². The Kier molecular flexibility index (Phi) is 20.2. The molecule has 528 valence electrons. The van der Waals surface area contributed by atoms with Crippen molar-refractivity contribution in [3.05, 3.63) is 215 Å². The number of para-hydroxylation sites is 6. The summed E-state index contributed by atoms with van der Waals surface area (Å²) in [6.45, 7) is 12.6. The molecule has 0 bridgehead atoms. The molecule has 6 aromatic carbocycles. The number of fused-ring (bicyclic) bond motifs is 14. The Morgan fingerprint density at radius 2 is 0.770 bits per heavy atom. The van der Waals surface area contributed by atoms with Gasteiger partial charge >= 0.3 is 0 Å². The first-order chi connectivity index (χ1) is 46.6. The molecule has 18 rings (SSSR count). The minimum Gasteiger partial charge on any atom is -0.481 e. The van der Waals surface area contributed by atoms with Crippen LogP contribution in [0.25, 0.3) is 65.4 Å². The smallest absolute Gasteiger partial charge is 0.300 e. The van der Waals surface area contributed by atoms with Gasteiger partial charge < -0.3 is 94.1 Å². The van der Waals surface area contributed by atoms with Gasteiger partial charge in [0.05, 0.1) is 80.3 Å². The standard InChI is InChI=1S/C28H30N2O4.C25H26N2O4.C22H22N2O4.C2H4O2.3ClH/c1-27(2)31-14-20(32-27)23-21-16-10-6-8-12-19(16)30-24(21)22(25-26(23)34-28(3,4)33-25)17-13-29-18-11-7-5-9-15(17)18;1-25(2)30-23-20(15-11-26-16-9-5-3-7-13(15)16)22-19(14-8-4-6-10-17(14)27-22)21(18(29)12-28)24(23)31-25;25-10-16(26)19-17-12-6-2-4-8-15(12)24-20(17)18(21(27)22(19)28)13-9-23-14-7-3-1-5-11(13)14;1-2(3)4;;;/h5-13,20,22-23,25-26,29-30H,14H2,1-4H3;3-11,18,20-21,23-24,26-29H,12H2,1-2H3;1-9,16,18-19,21-28H,10H2;1H3,(H,3,4);3*1H. The lowest BCUT2D eigenvalue weighted by atomic mass is 9.71. The molecule has 9 heterocycles. The molecule has 0 saturated carbocycles. The van der Waals surface area contributed by atoms with E-state index in [0.717, 1.165) is 95.2 Å². The first kappa shape index (κ1) is 72.2. The average Bonchev–Trinajstić information content (AvgIpc) is 1.54. The van der Waals surface area contributed by atoms with Crippen LogP contribution in [0, 0.1) is 0 Å². The number of benzene rings is 6. The maximum absolute atomic E-state index is 11.1. The van der Waals surface area contributed by atoms with Crippen LogP contribution in [0.2, 0.25) is 0 Å². The number of aromatic amines is 6. The van der Waals surface area contributed by atoms with Crippen molar-refractivity contribution in [2.45, 2.75) is 156 Å². The zero-order chi connectivity index (χ0) is 67.6. The van der Waals surface area contributed by atoms with Crippen molar-refractivity contribution >= 4 is 109 Å². The Balaban J connectivity index is 0.000000137. The molecule has 3 saturated heterocycles. The third-order valence-corrected chi connectivity index (χ3v) is 20.5. The Hall–Kier alpha value is -7.58. The van der Waals surface area contributed by atoms with Crippen LogP contribution in [0.5, 0.6) is 0 Å². The molecule has 3 fully saturated rings. The molecule has 20 nitrogen and oxygen atoms in total. The van der Waals surface area contributed by atoms with Crippen molar-refractivity contribution < 1.29 is 69.0 Å². The summed E-state index contributed by atoms with van der Waals surface area (Å²) in [6, 6.07) is 48.9. The molecular formula is C77H85Cl3N6O14. The number of hydrogen-bond acceptors (Lipinski definition) is 13. The lowest BCUT2D eigenvalue weighted by Crippen LogP contribution is -2.46. The molecule has 3 aliphatic heterocycles. The SMILES string of the molecule is CC(=O)O.CC1(C)OC2C(c3c[nH]c4ccccc34)c3[nH]c4ccccc4c3C(C(O)CO)C2O1.CC1(C)OCC(C2c3c([nH]c4ccccc34)C(c3c[nH]c4ccccc34)C3OC(C)(C)OC32)O1.Cl.Cl.Cl.OCC(O)C1c2c([nH]c3ccccc23)C(c2c[nH]c3ccccc23)C(O)C1O. The van der Waals surface area contributed by atoms with Crippen LogP contribution in [0.4, 0.5) is 0 Å². The van der Waals surface area contributed by atoms with Crippen LogP contribution in [0.1, 0.15) is 134 Å². The number of aliphatic carboxylic acids is 1. The van der Waals surface area contributed by atoms with Gasteiger partial charge in [-0.15, -0.1) is 37.2 Å². The van der Waals surface area contributed by atoms with Crippen molar-refractivity contribution in [3.63, 3.8) is 0 Å². The number of H-pyrrole nitrogens is 6. The van der Waals surface area contributed by atoms with E-state index < -0.39 is 72.1 Å². The fraction of sp³-hybridized carbons (Fsp3) is 0.364. The minimum absolute atomic E-state index is 0. The molecule has 0 amide bonds. The number of aliphatic hydroxyl groups excluding tert-OH is 6. The number of ether oxygens (including phenoxy) is 6. The van der Waals surface area contributed by atoms with Crippen molar-refractivity contribution in [1.29, 1.82) is 0 Å². The maximum Gasteiger partial charge on any atom is 0.300 e. The van der Waals surface area contributed by atoms with Crippen molar-refractivity contribution in [1.82, 2.24) is 29.9 Å². The Bertz CT molecular complexity index is 4890. The second-order valence-corrected chi connectivity index (χ2v) is 27.9. The molecule has 3 aliphatic carbocycles. The van der Waals surface area contributed by atoms with E-state index in [1.165, 1.54) is 27.6 Å². The second kappa shape index (κ2) is 28.0. The van der Waals surface area contributed by atoms with Crippen molar-refractivity contribution in [2.75, 3.05) is 19.8 Å². The zero-order valence-corrected chi connectivity index (χ0v) is 58.5. The van der Waals surface area contributed by atoms with Crippen molar-refractivity contribution in [3.8, 4) is 0 Å². The number of rotatable bonds is 8. The lowest BCUT2D eigenvalue weighted by Gasteiger charge is -2.39. The van der Waals surface area contributed by atoms with Gasteiger partial charge in [0.2, 0.25) is 0 Å². The predicted octanol–water partition coefficient (Wildman–Crippen LogP) is 12.6. The highest BCUT2D eigenvalue weighted by Gasteiger charge is 2.60. The summed E-state index contributed by atoms with van der Waals surface area (Å²) in [6.07, 6.45) is 0.439. The minimum atomic E-state index is -1.22. The summed E-state index contributed by atoms with van der Waals surface area (Å²) in [7, 11) is 0. The van der Waals surface area contributed by atoms with Crippen LogP contribution < -0.4 is 0 Å². The van der Waals surface area contributed by atoms with E-state index in [-0.39, 0.29) is 92.1 Å². The number of carboxylic acid groups (broad SMARTS) is 1. The summed E-state index contributed by atoms with van der Waals surface area (Å²) < 4.78 is 38.7. The second-order valence-electron chi connectivity index (χ2n) is 27.9. The molecule has 6 aromatic heterocycles. The van der Waals surface area contributed by atoms with E-state index in [1.807, 2.05) is 127 Å². The molecule has 13 N–H and O–H groups in total. The van der Waals surface area contributed by atoms with E-state index in [4.69, 9.17) is 38.3 Å². The normalized spacial score (nSPS) is 26.9.